The molecule has 1 saturated heterocycles. The molecule has 10 heteroatoms. The van der Waals surface area contributed by atoms with Crippen molar-refractivity contribution in [3.05, 3.63) is 63.9 Å². The molecule has 2 N–H and O–H groups in total. The number of likely N-dealkylation sites (tertiary alicyclic amines) is 1. The number of anilines is 2. The molecule has 0 amide bonds. The second-order valence-corrected chi connectivity index (χ2v) is 9.53. The first-order valence-electron chi connectivity index (χ1n) is 9.52. The van der Waals surface area contributed by atoms with E-state index in [1.807, 2.05) is 6.07 Å². The summed E-state index contributed by atoms with van der Waals surface area (Å²) in [5, 5.41) is 4.71. The first-order chi connectivity index (χ1) is 14.4. The maximum atomic E-state index is 14.5. The summed E-state index contributed by atoms with van der Waals surface area (Å²) >= 11 is 1.29. The molecule has 0 atom stereocenters. The number of halogens is 1. The van der Waals surface area contributed by atoms with Gasteiger partial charge in [0.1, 0.15) is 5.82 Å². The molecule has 0 saturated carbocycles. The van der Waals surface area contributed by atoms with Crippen LogP contribution in [0.25, 0.3) is 0 Å². The summed E-state index contributed by atoms with van der Waals surface area (Å²) in [5.41, 5.74) is 4.47. The van der Waals surface area contributed by atoms with Crippen molar-refractivity contribution < 1.29 is 12.8 Å². The van der Waals surface area contributed by atoms with Crippen LogP contribution >= 0.6 is 11.3 Å². The summed E-state index contributed by atoms with van der Waals surface area (Å²) in [5.74, 6) is 0.00809. The van der Waals surface area contributed by atoms with E-state index in [1.165, 1.54) is 36.1 Å². The molecule has 3 heterocycles. The van der Waals surface area contributed by atoms with Crippen molar-refractivity contribution in [2.45, 2.75) is 31.5 Å². The highest BCUT2D eigenvalue weighted by Crippen LogP contribution is 2.23. The summed E-state index contributed by atoms with van der Waals surface area (Å²) in [6, 6.07) is 6.62. The van der Waals surface area contributed by atoms with Gasteiger partial charge in [-0.15, -0.1) is 11.3 Å². The van der Waals surface area contributed by atoms with E-state index >= 15 is 0 Å². The Morgan fingerprint density at radius 3 is 2.77 bits per heavy atom. The third-order valence-corrected chi connectivity index (χ3v) is 6.88. The van der Waals surface area contributed by atoms with Crippen LogP contribution < -0.4 is 10.0 Å². The predicted octanol–water partition coefficient (Wildman–Crippen LogP) is 3.60. The van der Waals surface area contributed by atoms with Crippen molar-refractivity contribution in [3.8, 4) is 0 Å². The minimum Gasteiger partial charge on any atom is -0.379 e. The van der Waals surface area contributed by atoms with Crippen LogP contribution in [0.2, 0.25) is 0 Å². The average molecular weight is 448 g/mol. The number of nitrogens with one attached hydrogen (secondary N) is 2. The summed E-state index contributed by atoms with van der Waals surface area (Å²) < 4.78 is 41.8. The highest BCUT2D eigenvalue weighted by molar-refractivity contribution is 7.92. The molecule has 0 aliphatic carbocycles. The molecule has 0 radical (unpaired) electrons. The largest absolute Gasteiger partial charge is 0.379 e. The van der Waals surface area contributed by atoms with Crippen molar-refractivity contribution in [2.24, 2.45) is 0 Å². The van der Waals surface area contributed by atoms with E-state index in [9.17, 15) is 12.8 Å². The van der Waals surface area contributed by atoms with Gasteiger partial charge in [0, 0.05) is 24.0 Å². The number of hydrogen-bond acceptors (Lipinski definition) is 7. The van der Waals surface area contributed by atoms with Gasteiger partial charge in [-0.2, -0.15) is 8.42 Å². The zero-order chi connectivity index (χ0) is 21.1. The van der Waals surface area contributed by atoms with Crippen LogP contribution in [0.3, 0.4) is 0 Å². The minimum absolute atomic E-state index is 0.0945. The second-order valence-electron chi connectivity index (χ2n) is 7.18. The summed E-state index contributed by atoms with van der Waals surface area (Å²) in [7, 11) is -3.82. The van der Waals surface area contributed by atoms with Crippen LogP contribution in [0.4, 0.5) is 15.9 Å². The van der Waals surface area contributed by atoms with E-state index < -0.39 is 10.0 Å². The second kappa shape index (κ2) is 8.66. The standard InChI is InChI=1S/C20H22FN5O2S2/c1-14-8-20(30(27,28)25-19-12-29-13-24-19)23-10-18(14)22-9-16-15(4-2-5-17(16)21)11-26-6-3-7-26/h2,4-5,8,10,12-13,22,25H,3,6-7,9,11H2,1H3. The maximum Gasteiger partial charge on any atom is 0.280 e. The molecule has 0 unspecified atom stereocenters. The molecule has 2 aromatic heterocycles. The number of thiazole rings is 1. The van der Waals surface area contributed by atoms with E-state index in [0.29, 0.717) is 23.4 Å². The van der Waals surface area contributed by atoms with Crippen LogP contribution in [0.1, 0.15) is 23.1 Å². The number of rotatable bonds is 8. The lowest BCUT2D eigenvalue weighted by Crippen LogP contribution is -2.36. The molecular formula is C20H22FN5O2S2. The lowest BCUT2D eigenvalue weighted by molar-refractivity contribution is 0.172. The Hall–Kier alpha value is -2.56. The predicted molar refractivity (Wildman–Crippen MR) is 116 cm³/mol. The van der Waals surface area contributed by atoms with Crippen molar-refractivity contribution in [3.63, 3.8) is 0 Å². The quantitative estimate of drug-likeness (QED) is 0.549. The van der Waals surface area contributed by atoms with Gasteiger partial charge in [-0.1, -0.05) is 12.1 Å². The molecule has 1 aliphatic rings. The molecular weight excluding hydrogens is 425 g/mol. The van der Waals surface area contributed by atoms with E-state index in [0.717, 1.165) is 25.2 Å². The number of sulfonamides is 1. The monoisotopic (exact) mass is 447 g/mol. The van der Waals surface area contributed by atoms with Gasteiger partial charge in [-0.3, -0.25) is 9.62 Å². The van der Waals surface area contributed by atoms with Gasteiger partial charge >= 0.3 is 0 Å². The van der Waals surface area contributed by atoms with Crippen molar-refractivity contribution in [1.29, 1.82) is 0 Å². The Morgan fingerprint density at radius 1 is 1.27 bits per heavy atom. The van der Waals surface area contributed by atoms with E-state index in [2.05, 4.69) is 24.9 Å². The van der Waals surface area contributed by atoms with Gasteiger partial charge < -0.3 is 5.32 Å². The zero-order valence-electron chi connectivity index (χ0n) is 16.4. The maximum absolute atomic E-state index is 14.5. The summed E-state index contributed by atoms with van der Waals surface area (Å²) in [6.07, 6.45) is 2.64. The molecule has 4 rings (SSSR count). The van der Waals surface area contributed by atoms with Crippen molar-refractivity contribution in [1.82, 2.24) is 14.9 Å². The topological polar surface area (TPSA) is 87.2 Å². The molecule has 1 aromatic carbocycles. The molecule has 1 fully saturated rings. The van der Waals surface area contributed by atoms with Crippen LogP contribution in [0.5, 0.6) is 0 Å². The molecule has 30 heavy (non-hydrogen) atoms. The lowest BCUT2D eigenvalue weighted by Gasteiger charge is -2.31. The third kappa shape index (κ3) is 4.61. The molecule has 1 aliphatic heterocycles. The Morgan fingerprint density at radius 2 is 2.10 bits per heavy atom. The van der Waals surface area contributed by atoms with E-state index in [4.69, 9.17) is 0 Å². The van der Waals surface area contributed by atoms with Crippen molar-refractivity contribution >= 4 is 32.9 Å². The third-order valence-electron chi connectivity index (χ3n) is 5.05. The first-order valence-corrected chi connectivity index (χ1v) is 11.9. The van der Waals surface area contributed by atoms with Gasteiger partial charge in [0.15, 0.2) is 10.8 Å². The number of pyridine rings is 1. The van der Waals surface area contributed by atoms with E-state index in [1.54, 1.807) is 23.9 Å². The highest BCUT2D eigenvalue weighted by atomic mass is 32.2. The van der Waals surface area contributed by atoms with Gasteiger partial charge in [0.2, 0.25) is 0 Å². The fourth-order valence-electron chi connectivity index (χ4n) is 3.23. The van der Waals surface area contributed by atoms with Crippen LogP contribution in [0, 0.1) is 12.7 Å². The fraction of sp³-hybridized carbons (Fsp3) is 0.300. The smallest absolute Gasteiger partial charge is 0.280 e. The average Bonchev–Trinajstić information content (AvgIpc) is 3.17. The Labute approximate surface area is 179 Å². The number of aryl methyl sites for hydroxylation is 1. The van der Waals surface area contributed by atoms with E-state index in [-0.39, 0.29) is 16.7 Å². The normalized spacial score (nSPS) is 14.3. The van der Waals surface area contributed by atoms with Gasteiger partial charge in [-0.05, 0) is 49.7 Å². The highest BCUT2D eigenvalue weighted by Gasteiger charge is 2.19. The van der Waals surface area contributed by atoms with Crippen LogP contribution in [-0.4, -0.2) is 36.4 Å². The molecule has 3 aromatic rings. The Kier molecular flexibility index (Phi) is 5.98. The van der Waals surface area contributed by atoms with Gasteiger partial charge in [-0.25, -0.2) is 14.4 Å². The summed E-state index contributed by atoms with van der Waals surface area (Å²) in [6.45, 7) is 4.88. The number of benzene rings is 1. The molecule has 0 bridgehead atoms. The summed E-state index contributed by atoms with van der Waals surface area (Å²) in [4.78, 5) is 10.3. The number of aromatic nitrogens is 2. The number of nitrogens with zero attached hydrogens (tertiary/aromatic N) is 3. The Bertz CT molecular complexity index is 1130. The molecule has 158 valence electrons. The van der Waals surface area contributed by atoms with Crippen molar-refractivity contribution in [2.75, 3.05) is 23.1 Å². The first kappa shape index (κ1) is 20.7. The Balaban J connectivity index is 1.48. The lowest BCUT2D eigenvalue weighted by atomic mass is 10.0. The minimum atomic E-state index is -3.82. The van der Waals surface area contributed by atoms with Gasteiger partial charge in [0.05, 0.1) is 17.4 Å². The zero-order valence-corrected chi connectivity index (χ0v) is 18.1. The SMILES string of the molecule is Cc1cc(S(=O)(=O)Nc2cscn2)ncc1NCc1c(F)cccc1CN1CCC1. The fourth-order valence-corrected chi connectivity index (χ4v) is 4.80. The van der Waals surface area contributed by atoms with Crippen LogP contribution in [0.15, 0.2) is 46.4 Å². The number of hydrogen-bond donors (Lipinski definition) is 2. The molecule has 0 spiro atoms. The molecule has 7 nitrogen and oxygen atoms in total. The van der Waals surface area contributed by atoms with Gasteiger partial charge in [0.25, 0.3) is 10.0 Å². The van der Waals surface area contributed by atoms with Crippen LogP contribution in [-0.2, 0) is 23.1 Å².